The lowest BCUT2D eigenvalue weighted by Gasteiger charge is -2.25. The normalized spacial score (nSPS) is 12.6. The first-order chi connectivity index (χ1) is 12.6. The first kappa shape index (κ1) is 18.1. The minimum atomic E-state index is -0.0530. The number of amides is 1. The Morgan fingerprint density at radius 3 is 2.77 bits per heavy atom. The smallest absolute Gasteiger partial charge is 0.260 e. The molecule has 0 aliphatic carbocycles. The van der Waals surface area contributed by atoms with Crippen LogP contribution in [0.15, 0.2) is 36.4 Å². The van der Waals surface area contributed by atoms with Crippen LogP contribution >= 0.6 is 0 Å². The van der Waals surface area contributed by atoms with Crippen molar-refractivity contribution in [2.45, 2.75) is 27.3 Å². The predicted octanol–water partition coefficient (Wildman–Crippen LogP) is 3.50. The minimum absolute atomic E-state index is 0.0184. The van der Waals surface area contributed by atoms with E-state index < -0.39 is 0 Å². The van der Waals surface area contributed by atoms with Gasteiger partial charge in [0.05, 0.1) is 0 Å². The van der Waals surface area contributed by atoms with Gasteiger partial charge in [-0.05, 0) is 44.0 Å². The number of rotatable bonds is 6. The van der Waals surface area contributed by atoms with E-state index in [1.54, 1.807) is 4.90 Å². The van der Waals surface area contributed by atoms with Crippen molar-refractivity contribution in [3.8, 4) is 17.2 Å². The zero-order valence-electron chi connectivity index (χ0n) is 15.6. The molecule has 0 radical (unpaired) electrons. The maximum absolute atomic E-state index is 12.6. The number of benzene rings is 2. The van der Waals surface area contributed by atoms with Crippen molar-refractivity contribution in [3.63, 3.8) is 0 Å². The van der Waals surface area contributed by atoms with Crippen molar-refractivity contribution in [3.05, 3.63) is 53.1 Å². The minimum Gasteiger partial charge on any atom is -0.486 e. The van der Waals surface area contributed by atoms with Crippen LogP contribution in [0.1, 0.15) is 23.6 Å². The molecule has 5 heteroatoms. The summed E-state index contributed by atoms with van der Waals surface area (Å²) >= 11 is 0. The third kappa shape index (κ3) is 4.10. The first-order valence-corrected chi connectivity index (χ1v) is 8.93. The van der Waals surface area contributed by atoms with Crippen LogP contribution in [0.4, 0.5) is 0 Å². The molecule has 2 aromatic carbocycles. The van der Waals surface area contributed by atoms with Crippen molar-refractivity contribution < 1.29 is 19.0 Å². The Kier molecular flexibility index (Phi) is 5.66. The van der Waals surface area contributed by atoms with Gasteiger partial charge in [0, 0.05) is 18.7 Å². The quantitative estimate of drug-likeness (QED) is 0.796. The van der Waals surface area contributed by atoms with Crippen LogP contribution in [-0.4, -0.2) is 37.2 Å². The number of likely N-dealkylation sites (N-methyl/N-ethyl adjacent to an activating group) is 1. The van der Waals surface area contributed by atoms with E-state index in [1.807, 2.05) is 57.2 Å². The number of fused-ring (bicyclic) bond motifs is 1. The summed E-state index contributed by atoms with van der Waals surface area (Å²) in [5.41, 5.74) is 3.08. The lowest BCUT2D eigenvalue weighted by Crippen LogP contribution is -2.34. The monoisotopic (exact) mass is 355 g/mol. The number of hydrogen-bond donors (Lipinski definition) is 0. The SMILES string of the molecule is CCN(Cc1cccc2c1OCCO2)C(=O)COc1cc(C)ccc1C. The topological polar surface area (TPSA) is 48.0 Å². The average molecular weight is 355 g/mol. The Morgan fingerprint density at radius 2 is 1.96 bits per heavy atom. The Morgan fingerprint density at radius 1 is 1.15 bits per heavy atom. The Bertz CT molecular complexity index is 788. The molecule has 0 saturated heterocycles. The number of carbonyl (C=O) groups excluding carboxylic acids is 1. The first-order valence-electron chi connectivity index (χ1n) is 8.93. The lowest BCUT2D eigenvalue weighted by molar-refractivity contribution is -0.133. The molecule has 0 saturated carbocycles. The summed E-state index contributed by atoms with van der Waals surface area (Å²) in [5, 5.41) is 0. The Labute approximate surface area is 154 Å². The highest BCUT2D eigenvalue weighted by molar-refractivity contribution is 5.78. The highest BCUT2D eigenvalue weighted by Crippen LogP contribution is 2.34. The average Bonchev–Trinajstić information content (AvgIpc) is 2.66. The molecule has 138 valence electrons. The summed E-state index contributed by atoms with van der Waals surface area (Å²) in [6, 6.07) is 11.8. The molecule has 1 aliphatic rings. The molecule has 0 fully saturated rings. The molecular weight excluding hydrogens is 330 g/mol. The number of hydrogen-bond acceptors (Lipinski definition) is 4. The zero-order chi connectivity index (χ0) is 18.5. The van der Waals surface area contributed by atoms with Crippen LogP contribution in [0.2, 0.25) is 0 Å². The van der Waals surface area contributed by atoms with E-state index in [1.165, 1.54) is 0 Å². The van der Waals surface area contributed by atoms with Gasteiger partial charge < -0.3 is 19.1 Å². The second-order valence-corrected chi connectivity index (χ2v) is 6.41. The molecule has 3 rings (SSSR count). The van der Waals surface area contributed by atoms with E-state index in [0.717, 1.165) is 33.9 Å². The summed E-state index contributed by atoms with van der Waals surface area (Å²) in [7, 11) is 0. The summed E-state index contributed by atoms with van der Waals surface area (Å²) in [6.07, 6.45) is 0. The van der Waals surface area contributed by atoms with Crippen LogP contribution in [-0.2, 0) is 11.3 Å². The van der Waals surface area contributed by atoms with Gasteiger partial charge in [0.25, 0.3) is 5.91 Å². The second kappa shape index (κ2) is 8.13. The van der Waals surface area contributed by atoms with Gasteiger partial charge in [-0.15, -0.1) is 0 Å². The molecule has 0 bridgehead atoms. The molecule has 1 heterocycles. The summed E-state index contributed by atoms with van der Waals surface area (Å²) < 4.78 is 17.1. The van der Waals surface area contributed by atoms with Crippen molar-refractivity contribution in [1.29, 1.82) is 0 Å². The van der Waals surface area contributed by atoms with E-state index in [-0.39, 0.29) is 12.5 Å². The maximum atomic E-state index is 12.6. The van der Waals surface area contributed by atoms with E-state index in [4.69, 9.17) is 14.2 Å². The van der Waals surface area contributed by atoms with E-state index >= 15 is 0 Å². The molecular formula is C21H25NO4. The molecule has 0 spiro atoms. The third-order valence-corrected chi connectivity index (χ3v) is 4.44. The Hall–Kier alpha value is -2.69. The van der Waals surface area contributed by atoms with Gasteiger partial charge >= 0.3 is 0 Å². The lowest BCUT2D eigenvalue weighted by atomic mass is 10.1. The van der Waals surface area contributed by atoms with E-state index in [2.05, 4.69) is 0 Å². The summed E-state index contributed by atoms with van der Waals surface area (Å²) in [6.45, 7) is 8.11. The molecule has 0 unspecified atom stereocenters. The third-order valence-electron chi connectivity index (χ3n) is 4.44. The molecule has 0 aromatic heterocycles. The molecule has 1 amide bonds. The predicted molar refractivity (Wildman–Crippen MR) is 99.9 cm³/mol. The van der Waals surface area contributed by atoms with Gasteiger partial charge in [-0.1, -0.05) is 24.3 Å². The fourth-order valence-electron chi connectivity index (χ4n) is 2.93. The van der Waals surface area contributed by atoms with Crippen molar-refractivity contribution in [2.24, 2.45) is 0 Å². The number of nitrogens with zero attached hydrogens (tertiary/aromatic N) is 1. The van der Waals surface area contributed by atoms with Crippen molar-refractivity contribution in [2.75, 3.05) is 26.4 Å². The van der Waals surface area contributed by atoms with Gasteiger partial charge in [-0.2, -0.15) is 0 Å². The zero-order valence-corrected chi connectivity index (χ0v) is 15.6. The highest BCUT2D eigenvalue weighted by Gasteiger charge is 2.20. The van der Waals surface area contributed by atoms with Crippen LogP contribution in [0.25, 0.3) is 0 Å². The van der Waals surface area contributed by atoms with Crippen molar-refractivity contribution >= 4 is 5.91 Å². The van der Waals surface area contributed by atoms with E-state index in [9.17, 15) is 4.79 Å². The van der Waals surface area contributed by atoms with Crippen LogP contribution in [0.5, 0.6) is 17.2 Å². The molecule has 0 N–H and O–H groups in total. The second-order valence-electron chi connectivity index (χ2n) is 6.41. The van der Waals surface area contributed by atoms with Gasteiger partial charge in [0.1, 0.15) is 19.0 Å². The molecule has 26 heavy (non-hydrogen) atoms. The number of carbonyl (C=O) groups is 1. The molecule has 1 aliphatic heterocycles. The fraction of sp³-hybridized carbons (Fsp3) is 0.381. The standard InChI is InChI=1S/C21H25NO4/c1-4-22(13-17-6-5-7-18-21(17)25-11-10-24-18)20(23)14-26-19-12-15(2)8-9-16(19)3/h5-9,12H,4,10-11,13-14H2,1-3H3. The summed E-state index contributed by atoms with van der Waals surface area (Å²) in [4.78, 5) is 14.4. The van der Waals surface area contributed by atoms with Crippen LogP contribution in [0.3, 0.4) is 0 Å². The number of aryl methyl sites for hydroxylation is 2. The summed E-state index contributed by atoms with van der Waals surface area (Å²) in [5.74, 6) is 2.18. The largest absolute Gasteiger partial charge is 0.486 e. The number of para-hydroxylation sites is 1. The van der Waals surface area contributed by atoms with Gasteiger partial charge in [-0.25, -0.2) is 0 Å². The molecule has 0 atom stereocenters. The van der Waals surface area contributed by atoms with Gasteiger partial charge in [0.2, 0.25) is 0 Å². The molecule has 2 aromatic rings. The Balaban J connectivity index is 1.67. The van der Waals surface area contributed by atoms with E-state index in [0.29, 0.717) is 26.3 Å². The van der Waals surface area contributed by atoms with Crippen LogP contribution < -0.4 is 14.2 Å². The molecule has 5 nitrogen and oxygen atoms in total. The fourth-order valence-corrected chi connectivity index (χ4v) is 2.93. The number of ether oxygens (including phenoxy) is 3. The van der Waals surface area contributed by atoms with Crippen LogP contribution in [0, 0.1) is 13.8 Å². The maximum Gasteiger partial charge on any atom is 0.260 e. The van der Waals surface area contributed by atoms with Gasteiger partial charge in [0.15, 0.2) is 18.1 Å². The highest BCUT2D eigenvalue weighted by atomic mass is 16.6. The van der Waals surface area contributed by atoms with Gasteiger partial charge in [-0.3, -0.25) is 4.79 Å². The van der Waals surface area contributed by atoms with Crippen molar-refractivity contribution in [1.82, 2.24) is 4.90 Å².